The maximum atomic E-state index is 9.22. The van der Waals surface area contributed by atoms with E-state index >= 15 is 0 Å². The summed E-state index contributed by atoms with van der Waals surface area (Å²) in [5.74, 6) is 0. The van der Waals surface area contributed by atoms with Gasteiger partial charge in [0.25, 0.3) is 0 Å². The lowest BCUT2D eigenvalue weighted by Crippen LogP contribution is -1.90. The molecule has 0 aliphatic carbocycles. The largest absolute Gasteiger partial charge is 0.258 e. The predicted octanol–water partition coefficient (Wildman–Crippen LogP) is 4.71. The van der Waals surface area contributed by atoms with E-state index in [4.69, 9.17) is 11.8 Å². The van der Waals surface area contributed by atoms with Crippen molar-refractivity contribution in [1.29, 1.82) is 10.5 Å². The SMILES string of the molecule is [C-]#[N+]c1cc(C#N)c(C#N)cc1-c1cc(-c2ccccc2)ccn1. The molecular formula is C20H10N4. The molecule has 4 heteroatoms. The van der Waals surface area contributed by atoms with Crippen molar-refractivity contribution in [2.45, 2.75) is 0 Å². The number of nitrogens with zero attached hydrogens (tertiary/aromatic N) is 4. The molecule has 0 bridgehead atoms. The average Bonchev–Trinajstić information content (AvgIpc) is 2.67. The molecule has 0 unspecified atom stereocenters. The van der Waals surface area contributed by atoms with Gasteiger partial charge in [-0.3, -0.25) is 4.98 Å². The first-order valence-electron chi connectivity index (χ1n) is 7.14. The van der Waals surface area contributed by atoms with Gasteiger partial charge in [-0.15, -0.1) is 0 Å². The Hall–Kier alpha value is -3.94. The minimum absolute atomic E-state index is 0.200. The van der Waals surface area contributed by atoms with Crippen LogP contribution in [-0.4, -0.2) is 4.98 Å². The van der Waals surface area contributed by atoms with Crippen LogP contribution < -0.4 is 0 Å². The van der Waals surface area contributed by atoms with Crippen LogP contribution in [0.15, 0.2) is 60.8 Å². The molecule has 1 heterocycles. The van der Waals surface area contributed by atoms with E-state index in [-0.39, 0.29) is 11.1 Å². The molecule has 2 aromatic carbocycles. The summed E-state index contributed by atoms with van der Waals surface area (Å²) in [5, 5.41) is 18.3. The summed E-state index contributed by atoms with van der Waals surface area (Å²) in [5.41, 5.74) is 3.92. The first kappa shape index (κ1) is 15.0. The van der Waals surface area contributed by atoms with Crippen LogP contribution in [-0.2, 0) is 0 Å². The van der Waals surface area contributed by atoms with Gasteiger partial charge in [0.1, 0.15) is 6.07 Å². The molecule has 4 nitrogen and oxygen atoms in total. The number of aromatic nitrogens is 1. The summed E-state index contributed by atoms with van der Waals surface area (Å²) >= 11 is 0. The molecule has 0 saturated carbocycles. The van der Waals surface area contributed by atoms with E-state index in [2.05, 4.69) is 9.83 Å². The number of pyridine rings is 1. The van der Waals surface area contributed by atoms with Gasteiger partial charge < -0.3 is 0 Å². The average molecular weight is 306 g/mol. The fraction of sp³-hybridized carbons (Fsp3) is 0. The molecule has 0 aliphatic rings. The Morgan fingerprint density at radius 2 is 1.58 bits per heavy atom. The fourth-order valence-corrected chi connectivity index (χ4v) is 2.46. The Labute approximate surface area is 139 Å². The third-order valence-corrected chi connectivity index (χ3v) is 3.64. The minimum Gasteiger partial charge on any atom is -0.258 e. The Morgan fingerprint density at radius 1 is 0.875 bits per heavy atom. The zero-order chi connectivity index (χ0) is 16.9. The monoisotopic (exact) mass is 306 g/mol. The van der Waals surface area contributed by atoms with E-state index in [0.717, 1.165) is 11.1 Å². The first-order valence-corrected chi connectivity index (χ1v) is 7.14. The maximum absolute atomic E-state index is 9.22. The van der Waals surface area contributed by atoms with Crippen molar-refractivity contribution in [3.63, 3.8) is 0 Å². The van der Waals surface area contributed by atoms with E-state index in [1.54, 1.807) is 12.3 Å². The number of rotatable bonds is 2. The van der Waals surface area contributed by atoms with Crippen LogP contribution in [0.25, 0.3) is 27.2 Å². The lowest BCUT2D eigenvalue weighted by molar-refractivity contribution is 1.32. The van der Waals surface area contributed by atoms with E-state index in [9.17, 15) is 5.26 Å². The van der Waals surface area contributed by atoms with Crippen LogP contribution >= 0.6 is 0 Å². The van der Waals surface area contributed by atoms with Crippen LogP contribution in [0, 0.1) is 29.2 Å². The summed E-state index contributed by atoms with van der Waals surface area (Å²) in [6.07, 6.45) is 1.68. The molecule has 0 radical (unpaired) electrons. The minimum atomic E-state index is 0.200. The van der Waals surface area contributed by atoms with Crippen molar-refractivity contribution in [1.82, 2.24) is 4.98 Å². The molecule has 0 saturated heterocycles. The molecule has 0 fully saturated rings. The lowest BCUT2D eigenvalue weighted by atomic mass is 9.99. The van der Waals surface area contributed by atoms with Gasteiger partial charge in [-0.05, 0) is 35.4 Å². The second-order valence-corrected chi connectivity index (χ2v) is 5.05. The molecule has 3 aromatic rings. The van der Waals surface area contributed by atoms with Gasteiger partial charge in [0, 0.05) is 11.8 Å². The Balaban J connectivity index is 2.19. The molecule has 0 atom stereocenters. The summed E-state index contributed by atoms with van der Waals surface area (Å²) in [4.78, 5) is 7.82. The zero-order valence-corrected chi connectivity index (χ0v) is 12.6. The van der Waals surface area contributed by atoms with Crippen LogP contribution in [0.3, 0.4) is 0 Å². The second-order valence-electron chi connectivity index (χ2n) is 5.05. The van der Waals surface area contributed by atoms with Crippen molar-refractivity contribution < 1.29 is 0 Å². The van der Waals surface area contributed by atoms with E-state index in [1.807, 2.05) is 54.6 Å². The molecule has 3 rings (SSSR count). The van der Waals surface area contributed by atoms with E-state index < -0.39 is 0 Å². The van der Waals surface area contributed by atoms with Crippen LogP contribution in [0.5, 0.6) is 0 Å². The molecule has 0 amide bonds. The highest BCUT2D eigenvalue weighted by Crippen LogP contribution is 2.33. The van der Waals surface area contributed by atoms with Gasteiger partial charge in [0.15, 0.2) is 5.69 Å². The topological polar surface area (TPSA) is 64.8 Å². The van der Waals surface area contributed by atoms with Crippen molar-refractivity contribution in [2.24, 2.45) is 0 Å². The standard InChI is InChI=1S/C20H10N4/c1-23-19-11-17(13-22)16(12-21)9-18(19)20-10-15(7-8-24-20)14-5-3-2-4-6-14/h2-11H. The Bertz CT molecular complexity index is 1030. The third kappa shape index (κ3) is 2.71. The van der Waals surface area contributed by atoms with Gasteiger partial charge in [-0.1, -0.05) is 30.3 Å². The van der Waals surface area contributed by atoms with Crippen LogP contribution in [0.2, 0.25) is 0 Å². The Kier molecular flexibility index (Phi) is 4.02. The van der Waals surface area contributed by atoms with Crippen LogP contribution in [0.4, 0.5) is 5.69 Å². The number of hydrogen-bond acceptors (Lipinski definition) is 3. The van der Waals surface area contributed by atoms with Crippen LogP contribution in [0.1, 0.15) is 11.1 Å². The molecule has 0 spiro atoms. The smallest absolute Gasteiger partial charge is 0.197 e. The maximum Gasteiger partial charge on any atom is 0.197 e. The van der Waals surface area contributed by atoms with Crippen molar-refractivity contribution in [2.75, 3.05) is 0 Å². The molecular weight excluding hydrogens is 296 g/mol. The third-order valence-electron chi connectivity index (χ3n) is 3.64. The number of benzene rings is 2. The molecule has 0 aliphatic heterocycles. The van der Waals surface area contributed by atoms with Crippen molar-refractivity contribution in [3.05, 3.63) is 83.3 Å². The normalized spacial score (nSPS) is 9.54. The summed E-state index contributed by atoms with van der Waals surface area (Å²) < 4.78 is 0. The summed E-state index contributed by atoms with van der Waals surface area (Å²) in [6, 6.07) is 20.6. The Morgan fingerprint density at radius 3 is 2.25 bits per heavy atom. The fourth-order valence-electron chi connectivity index (χ4n) is 2.46. The quantitative estimate of drug-likeness (QED) is 0.644. The highest BCUT2D eigenvalue weighted by atomic mass is 14.7. The van der Waals surface area contributed by atoms with Gasteiger partial charge in [0.05, 0.1) is 29.5 Å². The van der Waals surface area contributed by atoms with Gasteiger partial charge in [-0.25, -0.2) is 4.85 Å². The molecule has 24 heavy (non-hydrogen) atoms. The zero-order valence-electron chi connectivity index (χ0n) is 12.6. The number of hydrogen-bond donors (Lipinski definition) is 0. The second kappa shape index (κ2) is 6.44. The van der Waals surface area contributed by atoms with Crippen molar-refractivity contribution >= 4 is 5.69 Å². The molecule has 110 valence electrons. The molecule has 0 N–H and O–H groups in total. The highest BCUT2D eigenvalue weighted by Gasteiger charge is 2.13. The highest BCUT2D eigenvalue weighted by molar-refractivity contribution is 5.81. The van der Waals surface area contributed by atoms with E-state index in [0.29, 0.717) is 16.9 Å². The first-order chi connectivity index (χ1) is 11.8. The predicted molar refractivity (Wildman–Crippen MR) is 90.8 cm³/mol. The lowest BCUT2D eigenvalue weighted by Gasteiger charge is -2.08. The number of nitriles is 2. The molecule has 1 aromatic heterocycles. The van der Waals surface area contributed by atoms with Gasteiger partial charge in [0.2, 0.25) is 0 Å². The van der Waals surface area contributed by atoms with Gasteiger partial charge >= 0.3 is 0 Å². The summed E-state index contributed by atoms with van der Waals surface area (Å²) in [7, 11) is 0. The van der Waals surface area contributed by atoms with Crippen molar-refractivity contribution in [3.8, 4) is 34.5 Å². The van der Waals surface area contributed by atoms with Gasteiger partial charge in [-0.2, -0.15) is 10.5 Å². The van der Waals surface area contributed by atoms with E-state index in [1.165, 1.54) is 6.07 Å². The summed E-state index contributed by atoms with van der Waals surface area (Å²) in [6.45, 7) is 7.36.